The highest BCUT2D eigenvalue weighted by molar-refractivity contribution is 5.82. The van der Waals surface area contributed by atoms with E-state index in [0.717, 1.165) is 37.9 Å². The number of carbonyl (C=O) groups excluding carboxylic acids is 3. The minimum Gasteiger partial charge on any atom is -0.447 e. The number of piperidine rings is 1. The summed E-state index contributed by atoms with van der Waals surface area (Å²) in [5.74, 6) is -0.132. The van der Waals surface area contributed by atoms with Crippen LogP contribution in [0.4, 0.5) is 4.79 Å². The first-order valence-corrected chi connectivity index (χ1v) is 10.3. The first kappa shape index (κ1) is 20.9. The maximum atomic E-state index is 12.7. The molecule has 3 rings (SSSR count). The van der Waals surface area contributed by atoms with E-state index in [9.17, 15) is 14.4 Å². The smallest absolute Gasteiger partial charge is 0.410 e. The van der Waals surface area contributed by atoms with Gasteiger partial charge in [-0.25, -0.2) is 4.79 Å². The Balaban J connectivity index is 1.68. The Labute approximate surface area is 171 Å². The minimum atomic E-state index is -0.546. The maximum Gasteiger partial charge on any atom is 0.410 e. The summed E-state index contributed by atoms with van der Waals surface area (Å²) in [6.07, 6.45) is 7.24. The standard InChI is InChI=1S/C22H29N3O4/c26-20-12-6-2-7-15-25(16-21(27)24-13-8-3-9-14-24)22(28)29-17-19(23-20)18-10-4-1-5-11-18/h1-2,4-5,7,10-11,19H,3,6,8-9,12-17H2,(H,23,26)/t19-/m0/s1. The number of hydrogen-bond donors (Lipinski definition) is 1. The van der Waals surface area contributed by atoms with E-state index in [2.05, 4.69) is 5.32 Å². The second kappa shape index (κ2) is 10.6. The number of benzene rings is 1. The lowest BCUT2D eigenvalue weighted by Gasteiger charge is -2.30. The predicted octanol–water partition coefficient (Wildman–Crippen LogP) is 2.65. The normalized spacial score (nSPS) is 21.6. The minimum absolute atomic E-state index is 0.00549. The van der Waals surface area contributed by atoms with E-state index in [1.807, 2.05) is 47.4 Å². The largest absolute Gasteiger partial charge is 0.447 e. The third-order valence-electron chi connectivity index (χ3n) is 5.23. The summed E-state index contributed by atoms with van der Waals surface area (Å²) in [5.41, 5.74) is 0.872. The van der Waals surface area contributed by atoms with Crippen molar-refractivity contribution < 1.29 is 19.1 Å². The Hall–Kier alpha value is -2.83. The van der Waals surface area contributed by atoms with E-state index in [4.69, 9.17) is 4.74 Å². The molecule has 1 aromatic carbocycles. The van der Waals surface area contributed by atoms with Crippen LogP contribution in [0.5, 0.6) is 0 Å². The van der Waals surface area contributed by atoms with Gasteiger partial charge in [-0.05, 0) is 31.2 Å². The summed E-state index contributed by atoms with van der Waals surface area (Å²) in [7, 11) is 0. The number of rotatable bonds is 3. The molecule has 0 bridgehead atoms. The Morgan fingerprint density at radius 2 is 1.83 bits per heavy atom. The van der Waals surface area contributed by atoms with Crippen LogP contribution in [0.25, 0.3) is 0 Å². The first-order chi connectivity index (χ1) is 14.1. The van der Waals surface area contributed by atoms with Crippen LogP contribution in [0.1, 0.15) is 43.7 Å². The van der Waals surface area contributed by atoms with Gasteiger partial charge in [0.2, 0.25) is 11.8 Å². The molecule has 1 saturated heterocycles. The van der Waals surface area contributed by atoms with E-state index in [-0.39, 0.29) is 31.5 Å². The van der Waals surface area contributed by atoms with Gasteiger partial charge in [-0.3, -0.25) is 14.5 Å². The van der Waals surface area contributed by atoms with Crippen molar-refractivity contribution in [1.82, 2.24) is 15.1 Å². The Kier molecular flexibility index (Phi) is 7.67. The van der Waals surface area contributed by atoms with Gasteiger partial charge in [-0.1, -0.05) is 42.5 Å². The zero-order valence-electron chi connectivity index (χ0n) is 16.7. The lowest BCUT2D eigenvalue weighted by atomic mass is 10.1. The molecule has 1 fully saturated rings. The second-order valence-corrected chi connectivity index (χ2v) is 7.44. The van der Waals surface area contributed by atoms with Crippen molar-refractivity contribution in [2.24, 2.45) is 0 Å². The number of likely N-dealkylation sites (tertiary alicyclic amines) is 1. The average Bonchev–Trinajstić information content (AvgIpc) is 2.75. The molecule has 0 aromatic heterocycles. The van der Waals surface area contributed by atoms with Crippen LogP contribution in [-0.4, -0.2) is 60.5 Å². The number of ether oxygens (including phenoxy) is 1. The Bertz CT molecular complexity index is 729. The van der Waals surface area contributed by atoms with Gasteiger partial charge in [0.15, 0.2) is 0 Å². The highest BCUT2D eigenvalue weighted by Gasteiger charge is 2.24. The van der Waals surface area contributed by atoms with Crippen molar-refractivity contribution in [1.29, 1.82) is 0 Å². The molecule has 0 radical (unpaired) electrons. The van der Waals surface area contributed by atoms with E-state index >= 15 is 0 Å². The number of nitrogens with one attached hydrogen (secondary N) is 1. The van der Waals surface area contributed by atoms with Crippen LogP contribution < -0.4 is 5.32 Å². The lowest BCUT2D eigenvalue weighted by Crippen LogP contribution is -2.45. The Morgan fingerprint density at radius 1 is 1.07 bits per heavy atom. The summed E-state index contributed by atoms with van der Waals surface area (Å²) >= 11 is 0. The van der Waals surface area contributed by atoms with Gasteiger partial charge in [0.05, 0.1) is 6.04 Å². The maximum absolute atomic E-state index is 12.7. The number of carbonyl (C=O) groups is 3. The quantitative estimate of drug-likeness (QED) is 0.793. The van der Waals surface area contributed by atoms with Crippen molar-refractivity contribution in [2.45, 2.75) is 38.1 Å². The van der Waals surface area contributed by atoms with Crippen LogP contribution >= 0.6 is 0 Å². The van der Waals surface area contributed by atoms with Gasteiger partial charge < -0.3 is 15.0 Å². The van der Waals surface area contributed by atoms with Gasteiger partial charge in [0, 0.05) is 26.1 Å². The molecule has 0 unspecified atom stereocenters. The van der Waals surface area contributed by atoms with Crippen LogP contribution in [0.15, 0.2) is 42.5 Å². The zero-order chi connectivity index (χ0) is 20.5. The number of hydrogen-bond acceptors (Lipinski definition) is 4. The van der Waals surface area contributed by atoms with Crippen molar-refractivity contribution in [3.05, 3.63) is 48.0 Å². The molecule has 2 aliphatic rings. The summed E-state index contributed by atoms with van der Waals surface area (Å²) in [6, 6.07) is 9.02. The molecule has 29 heavy (non-hydrogen) atoms. The molecule has 3 amide bonds. The van der Waals surface area contributed by atoms with E-state index in [0.29, 0.717) is 12.8 Å². The zero-order valence-corrected chi connectivity index (χ0v) is 16.7. The summed E-state index contributed by atoms with van der Waals surface area (Å²) < 4.78 is 5.50. The van der Waals surface area contributed by atoms with Crippen LogP contribution in [-0.2, 0) is 14.3 Å². The molecular weight excluding hydrogens is 370 g/mol. The molecule has 156 valence electrons. The van der Waals surface area contributed by atoms with Gasteiger partial charge in [-0.2, -0.15) is 0 Å². The molecule has 7 heteroatoms. The monoisotopic (exact) mass is 399 g/mol. The van der Waals surface area contributed by atoms with Crippen LogP contribution in [0, 0.1) is 0 Å². The Morgan fingerprint density at radius 3 is 2.59 bits per heavy atom. The molecule has 2 heterocycles. The van der Waals surface area contributed by atoms with Crippen molar-refractivity contribution >= 4 is 17.9 Å². The van der Waals surface area contributed by atoms with Gasteiger partial charge >= 0.3 is 6.09 Å². The van der Waals surface area contributed by atoms with E-state index < -0.39 is 12.1 Å². The molecule has 1 atom stereocenters. The number of amides is 3. The van der Waals surface area contributed by atoms with Crippen molar-refractivity contribution in [2.75, 3.05) is 32.8 Å². The molecule has 0 aliphatic carbocycles. The third kappa shape index (κ3) is 6.34. The molecular formula is C22H29N3O4. The van der Waals surface area contributed by atoms with Gasteiger partial charge in [0.25, 0.3) is 0 Å². The van der Waals surface area contributed by atoms with Gasteiger partial charge in [0.1, 0.15) is 13.2 Å². The SMILES string of the molecule is O=C1CCC=CCN(CC(=O)N2CCCCC2)C(=O)OC[C@@H](c2ccccc2)N1. The fourth-order valence-electron chi connectivity index (χ4n) is 3.56. The van der Waals surface area contributed by atoms with Crippen LogP contribution in [0.3, 0.4) is 0 Å². The predicted molar refractivity (Wildman–Crippen MR) is 109 cm³/mol. The van der Waals surface area contributed by atoms with Crippen LogP contribution in [0.2, 0.25) is 0 Å². The van der Waals surface area contributed by atoms with E-state index in [1.165, 1.54) is 4.90 Å². The molecule has 7 nitrogen and oxygen atoms in total. The number of allylic oxidation sites excluding steroid dienone is 1. The molecule has 0 saturated carbocycles. The fraction of sp³-hybridized carbons (Fsp3) is 0.500. The lowest BCUT2D eigenvalue weighted by molar-refractivity contribution is -0.132. The topological polar surface area (TPSA) is 79.0 Å². The first-order valence-electron chi connectivity index (χ1n) is 10.3. The highest BCUT2D eigenvalue weighted by Crippen LogP contribution is 2.15. The highest BCUT2D eigenvalue weighted by atomic mass is 16.6. The van der Waals surface area contributed by atoms with E-state index in [1.54, 1.807) is 0 Å². The summed E-state index contributed by atoms with van der Waals surface area (Å²) in [5, 5.41) is 2.94. The molecule has 1 aromatic rings. The summed E-state index contributed by atoms with van der Waals surface area (Å²) in [6.45, 7) is 1.81. The number of nitrogens with zero attached hydrogens (tertiary/aromatic N) is 2. The second-order valence-electron chi connectivity index (χ2n) is 7.44. The molecule has 1 N–H and O–H groups in total. The third-order valence-corrected chi connectivity index (χ3v) is 5.23. The van der Waals surface area contributed by atoms with Crippen molar-refractivity contribution in [3.8, 4) is 0 Å². The molecule has 2 aliphatic heterocycles. The summed E-state index contributed by atoms with van der Waals surface area (Å²) in [4.78, 5) is 40.8. The van der Waals surface area contributed by atoms with Crippen molar-refractivity contribution in [3.63, 3.8) is 0 Å². The average molecular weight is 399 g/mol. The number of cyclic esters (lactones) is 1. The fourth-order valence-corrected chi connectivity index (χ4v) is 3.56. The molecule has 0 spiro atoms. The van der Waals surface area contributed by atoms with Gasteiger partial charge in [-0.15, -0.1) is 0 Å².